The molecule has 0 bridgehead atoms. The molecule has 19 heavy (non-hydrogen) atoms. The van der Waals surface area contributed by atoms with Gasteiger partial charge in [0.15, 0.2) is 5.75 Å². The minimum atomic E-state index is -0.171. The molecule has 0 atom stereocenters. The average Bonchev–Trinajstić information content (AvgIpc) is 2.40. The van der Waals surface area contributed by atoms with Crippen LogP contribution >= 0.6 is 0 Å². The molecular formula is C14H23N3O2. The Morgan fingerprint density at radius 2 is 1.95 bits per heavy atom. The highest BCUT2D eigenvalue weighted by molar-refractivity contribution is 5.31. The summed E-state index contributed by atoms with van der Waals surface area (Å²) in [4.78, 5) is 10.8. The van der Waals surface area contributed by atoms with Crippen molar-refractivity contribution in [1.82, 2.24) is 9.97 Å². The van der Waals surface area contributed by atoms with Gasteiger partial charge in [0, 0.05) is 13.1 Å². The maximum atomic E-state index is 9.47. The van der Waals surface area contributed by atoms with E-state index in [2.05, 4.69) is 28.7 Å². The molecular weight excluding hydrogens is 242 g/mol. The van der Waals surface area contributed by atoms with Gasteiger partial charge < -0.3 is 14.7 Å². The van der Waals surface area contributed by atoms with Crippen molar-refractivity contribution in [3.8, 4) is 5.75 Å². The number of hydrogen-bond acceptors (Lipinski definition) is 5. The van der Waals surface area contributed by atoms with Crippen molar-refractivity contribution in [2.75, 3.05) is 24.6 Å². The molecule has 106 valence electrons. The highest BCUT2D eigenvalue weighted by Crippen LogP contribution is 2.17. The molecule has 0 aliphatic carbocycles. The van der Waals surface area contributed by atoms with E-state index in [9.17, 15) is 5.11 Å². The third-order valence-electron chi connectivity index (χ3n) is 3.33. The first kappa shape index (κ1) is 14.1. The monoisotopic (exact) mass is 265 g/mol. The van der Waals surface area contributed by atoms with Crippen molar-refractivity contribution < 1.29 is 9.84 Å². The summed E-state index contributed by atoms with van der Waals surface area (Å²) in [7, 11) is 0. The molecule has 0 spiro atoms. The summed E-state index contributed by atoms with van der Waals surface area (Å²) in [5, 5.41) is 9.47. The van der Waals surface area contributed by atoms with Crippen LogP contribution in [0.15, 0.2) is 12.4 Å². The fourth-order valence-electron chi connectivity index (χ4n) is 2.03. The number of hydrogen-bond donors (Lipinski definition) is 1. The van der Waals surface area contributed by atoms with Crippen LogP contribution in [0, 0.1) is 5.92 Å². The maximum Gasteiger partial charge on any atom is 0.225 e. The molecule has 1 aliphatic heterocycles. The van der Waals surface area contributed by atoms with Crippen molar-refractivity contribution in [3.63, 3.8) is 0 Å². The van der Waals surface area contributed by atoms with E-state index in [4.69, 9.17) is 4.74 Å². The number of rotatable bonds is 5. The summed E-state index contributed by atoms with van der Waals surface area (Å²) in [6.45, 7) is 6.68. The van der Waals surface area contributed by atoms with E-state index in [1.54, 1.807) is 12.4 Å². The molecule has 5 nitrogen and oxygen atoms in total. The zero-order valence-corrected chi connectivity index (χ0v) is 11.7. The number of aliphatic hydroxyl groups excluding tert-OH is 1. The Kier molecular flexibility index (Phi) is 4.96. The van der Waals surface area contributed by atoms with Gasteiger partial charge in [-0.3, -0.25) is 0 Å². The smallest absolute Gasteiger partial charge is 0.225 e. The van der Waals surface area contributed by atoms with E-state index in [1.165, 1.54) is 0 Å². The fraction of sp³-hybridized carbons (Fsp3) is 0.714. The number of ether oxygens (including phenoxy) is 1. The van der Waals surface area contributed by atoms with Gasteiger partial charge in [-0.1, -0.05) is 13.8 Å². The number of nitrogens with zero attached hydrogens (tertiary/aromatic N) is 3. The maximum absolute atomic E-state index is 9.47. The number of aromatic nitrogens is 2. The Balaban J connectivity index is 1.84. The molecule has 1 aromatic heterocycles. The second-order valence-corrected chi connectivity index (χ2v) is 5.47. The van der Waals surface area contributed by atoms with Crippen LogP contribution in [0.25, 0.3) is 0 Å². The van der Waals surface area contributed by atoms with Crippen molar-refractivity contribution >= 4 is 5.95 Å². The number of piperidine rings is 1. The van der Waals surface area contributed by atoms with E-state index in [0.717, 1.165) is 44.0 Å². The molecule has 1 saturated heterocycles. The summed E-state index contributed by atoms with van der Waals surface area (Å²) in [5.41, 5.74) is 0. The third kappa shape index (κ3) is 4.35. The second kappa shape index (κ2) is 6.70. The van der Waals surface area contributed by atoms with E-state index in [-0.39, 0.29) is 6.10 Å². The minimum absolute atomic E-state index is 0.171. The van der Waals surface area contributed by atoms with Crippen LogP contribution < -0.4 is 9.64 Å². The summed E-state index contributed by atoms with van der Waals surface area (Å²) >= 11 is 0. The lowest BCUT2D eigenvalue weighted by atomic mass is 10.1. The molecule has 0 radical (unpaired) electrons. The lowest BCUT2D eigenvalue weighted by Gasteiger charge is -2.29. The van der Waals surface area contributed by atoms with E-state index < -0.39 is 0 Å². The van der Waals surface area contributed by atoms with Gasteiger partial charge >= 0.3 is 0 Å². The van der Waals surface area contributed by atoms with Gasteiger partial charge in [-0.15, -0.1) is 0 Å². The minimum Gasteiger partial charge on any atom is -0.490 e. The van der Waals surface area contributed by atoms with Crippen LogP contribution in [0.5, 0.6) is 5.75 Å². The Bertz CT molecular complexity index is 373. The second-order valence-electron chi connectivity index (χ2n) is 5.47. The summed E-state index contributed by atoms with van der Waals surface area (Å²) in [6.07, 6.45) is 5.90. The van der Waals surface area contributed by atoms with Crippen LogP contribution in [0.4, 0.5) is 5.95 Å². The molecule has 0 amide bonds. The highest BCUT2D eigenvalue weighted by atomic mass is 16.5. The van der Waals surface area contributed by atoms with Gasteiger partial charge in [0.2, 0.25) is 5.95 Å². The molecule has 0 unspecified atom stereocenters. The largest absolute Gasteiger partial charge is 0.490 e. The Hall–Kier alpha value is -1.36. The molecule has 1 N–H and O–H groups in total. The lowest BCUT2D eigenvalue weighted by molar-refractivity contribution is 0.145. The quantitative estimate of drug-likeness (QED) is 0.880. The predicted octanol–water partition coefficient (Wildman–Crippen LogP) is 1.86. The summed E-state index contributed by atoms with van der Waals surface area (Å²) in [5.74, 6) is 2.09. The zero-order valence-electron chi connectivity index (χ0n) is 11.7. The van der Waals surface area contributed by atoms with Crippen LogP contribution in [-0.4, -0.2) is 40.9 Å². The first-order valence-electron chi connectivity index (χ1n) is 7.03. The van der Waals surface area contributed by atoms with Crippen LogP contribution in [0.1, 0.15) is 33.1 Å². The SMILES string of the molecule is CC(C)CCOc1cnc(N2CCC(O)CC2)nc1. The van der Waals surface area contributed by atoms with Crippen molar-refractivity contribution in [2.24, 2.45) is 5.92 Å². The van der Waals surface area contributed by atoms with Crippen molar-refractivity contribution in [1.29, 1.82) is 0 Å². The molecule has 0 saturated carbocycles. The van der Waals surface area contributed by atoms with Crippen LogP contribution in [0.3, 0.4) is 0 Å². The van der Waals surface area contributed by atoms with Gasteiger partial charge in [-0.25, -0.2) is 9.97 Å². The Morgan fingerprint density at radius 1 is 1.32 bits per heavy atom. The van der Waals surface area contributed by atoms with E-state index in [0.29, 0.717) is 12.5 Å². The third-order valence-corrected chi connectivity index (χ3v) is 3.33. The fourth-order valence-corrected chi connectivity index (χ4v) is 2.03. The van der Waals surface area contributed by atoms with Crippen molar-refractivity contribution in [3.05, 3.63) is 12.4 Å². The zero-order chi connectivity index (χ0) is 13.7. The van der Waals surface area contributed by atoms with Crippen LogP contribution in [-0.2, 0) is 0 Å². The lowest BCUT2D eigenvalue weighted by Crippen LogP contribution is -2.36. The molecule has 1 aliphatic rings. The highest BCUT2D eigenvalue weighted by Gasteiger charge is 2.18. The molecule has 2 heterocycles. The standard InChI is InChI=1S/C14H23N3O2/c1-11(2)5-8-19-13-9-15-14(16-10-13)17-6-3-12(18)4-7-17/h9-12,18H,3-8H2,1-2H3. The normalized spacial score (nSPS) is 16.9. The van der Waals surface area contributed by atoms with Gasteiger partial charge in [0.25, 0.3) is 0 Å². The molecule has 2 rings (SSSR count). The van der Waals surface area contributed by atoms with E-state index >= 15 is 0 Å². The predicted molar refractivity (Wildman–Crippen MR) is 74.4 cm³/mol. The molecule has 5 heteroatoms. The van der Waals surface area contributed by atoms with Gasteiger partial charge in [-0.2, -0.15) is 0 Å². The molecule has 0 aromatic carbocycles. The first-order valence-corrected chi connectivity index (χ1v) is 7.03. The van der Waals surface area contributed by atoms with Crippen LogP contribution in [0.2, 0.25) is 0 Å². The molecule has 1 aromatic rings. The van der Waals surface area contributed by atoms with Crippen molar-refractivity contribution in [2.45, 2.75) is 39.2 Å². The topological polar surface area (TPSA) is 58.5 Å². The van der Waals surface area contributed by atoms with Gasteiger partial charge in [0.05, 0.1) is 25.1 Å². The first-order chi connectivity index (χ1) is 9.15. The van der Waals surface area contributed by atoms with Gasteiger partial charge in [0.1, 0.15) is 0 Å². The molecule has 1 fully saturated rings. The number of anilines is 1. The number of aliphatic hydroxyl groups is 1. The Labute approximate surface area is 114 Å². The van der Waals surface area contributed by atoms with E-state index in [1.807, 2.05) is 0 Å². The van der Waals surface area contributed by atoms with Gasteiger partial charge in [-0.05, 0) is 25.2 Å². The Morgan fingerprint density at radius 3 is 2.53 bits per heavy atom. The average molecular weight is 265 g/mol. The summed E-state index contributed by atoms with van der Waals surface area (Å²) < 4.78 is 5.59. The summed E-state index contributed by atoms with van der Waals surface area (Å²) in [6, 6.07) is 0.